The minimum atomic E-state index is -3.49. The molecule has 0 saturated heterocycles. The van der Waals surface area contributed by atoms with Crippen LogP contribution < -0.4 is 4.52 Å². The largest absolute Gasteiger partial charge is 0.417 e. The summed E-state index contributed by atoms with van der Waals surface area (Å²) < 4.78 is 10.0. The van der Waals surface area contributed by atoms with Crippen LogP contribution in [0.15, 0.2) is 12.1 Å². The maximum Gasteiger partial charge on any atom is 0.378 e. The van der Waals surface area contributed by atoms with Gasteiger partial charge in [0.1, 0.15) is 0 Å². The lowest BCUT2D eigenvalue weighted by Gasteiger charge is -2.17. The Labute approximate surface area is 110 Å². The van der Waals surface area contributed by atoms with Gasteiger partial charge in [-0.15, -0.1) is 0 Å². The fourth-order valence-electron chi connectivity index (χ4n) is 1.49. The molecule has 0 heterocycles. The van der Waals surface area contributed by atoms with Crippen molar-refractivity contribution in [1.29, 1.82) is 0 Å². The van der Waals surface area contributed by atoms with Gasteiger partial charge in [0.05, 0.1) is 11.5 Å². The molecule has 1 aromatic carbocycles. The van der Waals surface area contributed by atoms with Crippen molar-refractivity contribution < 1.29 is 18.9 Å². The van der Waals surface area contributed by atoms with Crippen molar-refractivity contribution in [2.45, 2.75) is 20.8 Å². The van der Waals surface area contributed by atoms with Gasteiger partial charge in [-0.3, -0.25) is 14.6 Å². The van der Waals surface area contributed by atoms with Gasteiger partial charge in [-0.25, -0.2) is 0 Å². The van der Waals surface area contributed by atoms with Gasteiger partial charge in [-0.1, -0.05) is 6.07 Å². The van der Waals surface area contributed by atoms with Crippen LogP contribution in [-0.2, 0) is 16.3 Å². The number of rotatable bonds is 5. The van der Waals surface area contributed by atoms with Crippen molar-refractivity contribution in [3.8, 4) is 5.75 Å². The molecule has 0 aliphatic carbocycles. The van der Waals surface area contributed by atoms with E-state index in [1.807, 2.05) is 0 Å². The highest BCUT2D eigenvalue weighted by atomic mass is 32.5. The second-order valence-corrected chi connectivity index (χ2v) is 6.43. The summed E-state index contributed by atoms with van der Waals surface area (Å²) in [4.78, 5) is 20.1. The highest BCUT2D eigenvalue weighted by molar-refractivity contribution is 8.07. The molecule has 6 nitrogen and oxygen atoms in total. The summed E-state index contributed by atoms with van der Waals surface area (Å²) in [5, 5.41) is 11.0. The average Bonchev–Trinajstić information content (AvgIpc) is 2.21. The quantitative estimate of drug-likeness (QED) is 0.510. The molecule has 8 heteroatoms. The number of hydrogen-bond donors (Lipinski definition) is 1. The van der Waals surface area contributed by atoms with E-state index in [1.165, 1.54) is 6.07 Å². The number of aryl methyl sites for hydroxylation is 2. The Morgan fingerprint density at radius 2 is 2.11 bits per heavy atom. The second kappa shape index (κ2) is 5.75. The first kappa shape index (κ1) is 15.0. The molecule has 0 spiro atoms. The summed E-state index contributed by atoms with van der Waals surface area (Å²) in [5.41, 5.74) is 1.04. The minimum absolute atomic E-state index is 0.0371. The van der Waals surface area contributed by atoms with E-state index in [1.54, 1.807) is 26.8 Å². The third-order valence-corrected chi connectivity index (χ3v) is 3.63. The lowest BCUT2D eigenvalue weighted by Crippen LogP contribution is -2.01. The summed E-state index contributed by atoms with van der Waals surface area (Å²) in [6, 6.07) is 3.08. The lowest BCUT2D eigenvalue weighted by molar-refractivity contribution is -0.385. The van der Waals surface area contributed by atoms with Gasteiger partial charge in [0, 0.05) is 17.9 Å². The predicted octanol–water partition coefficient (Wildman–Crippen LogP) is 2.84. The number of hydrogen-bond acceptors (Lipinski definition) is 5. The molecule has 0 aliphatic rings. The molecule has 1 rings (SSSR count). The fourth-order valence-corrected chi connectivity index (χ4v) is 2.88. The van der Waals surface area contributed by atoms with Crippen LogP contribution in [0, 0.1) is 24.0 Å². The van der Waals surface area contributed by atoms with Crippen molar-refractivity contribution >= 4 is 24.2 Å². The molecule has 1 atom stereocenters. The lowest BCUT2D eigenvalue weighted by atomic mass is 10.1. The summed E-state index contributed by atoms with van der Waals surface area (Å²) in [6.07, 6.45) is 0. The van der Waals surface area contributed by atoms with Crippen LogP contribution >= 0.6 is 6.72 Å². The van der Waals surface area contributed by atoms with Crippen LogP contribution in [0.2, 0.25) is 0 Å². The zero-order valence-corrected chi connectivity index (χ0v) is 12.0. The fraction of sp³-hybridized carbons (Fsp3) is 0.400. The van der Waals surface area contributed by atoms with E-state index in [4.69, 9.17) is 20.9 Å². The smallest absolute Gasteiger partial charge is 0.378 e. The monoisotopic (exact) mass is 291 g/mol. The maximum absolute atomic E-state index is 11.0. The first-order chi connectivity index (χ1) is 8.26. The zero-order valence-electron chi connectivity index (χ0n) is 10.2. The van der Waals surface area contributed by atoms with Gasteiger partial charge in [0.25, 0.3) is 0 Å². The molecule has 1 N–H and O–H groups in total. The Morgan fingerprint density at radius 1 is 1.50 bits per heavy atom. The second-order valence-electron chi connectivity index (χ2n) is 3.66. The molecule has 1 aromatic rings. The Hall–Kier alpha value is -1.01. The molecular weight excluding hydrogens is 277 g/mol. The Kier molecular flexibility index (Phi) is 4.81. The standard InChI is InChI=1S/C10H14NO5PS/c1-4-15-17(14,18)16-10-8(3)5-7(2)6-9(10)11(12)13/h5-6H,4H2,1-3H3,(H,14,18). The van der Waals surface area contributed by atoms with Crippen molar-refractivity contribution in [2.24, 2.45) is 0 Å². The molecular formula is C10H14NO5PS. The summed E-state index contributed by atoms with van der Waals surface area (Å²) in [7, 11) is 0. The van der Waals surface area contributed by atoms with Gasteiger partial charge in [-0.2, -0.15) is 0 Å². The maximum atomic E-state index is 11.0. The highest BCUT2D eigenvalue weighted by Gasteiger charge is 2.25. The van der Waals surface area contributed by atoms with Gasteiger partial charge in [0.2, 0.25) is 5.75 Å². The molecule has 0 saturated carbocycles. The minimum Gasteiger partial charge on any atom is -0.417 e. The Balaban J connectivity index is 3.23. The third kappa shape index (κ3) is 3.74. The van der Waals surface area contributed by atoms with Crippen LogP contribution in [0.1, 0.15) is 18.1 Å². The first-order valence-electron chi connectivity index (χ1n) is 5.19. The van der Waals surface area contributed by atoms with Crippen LogP contribution in [0.5, 0.6) is 5.75 Å². The highest BCUT2D eigenvalue weighted by Crippen LogP contribution is 2.48. The summed E-state index contributed by atoms with van der Waals surface area (Å²) >= 11 is 4.76. The Bertz CT molecular complexity index is 519. The number of nitro benzene ring substituents is 1. The van der Waals surface area contributed by atoms with E-state index in [2.05, 4.69) is 0 Å². The van der Waals surface area contributed by atoms with Gasteiger partial charge in [-0.05, 0) is 31.9 Å². The topological polar surface area (TPSA) is 81.8 Å². The molecule has 0 aliphatic heterocycles. The van der Waals surface area contributed by atoms with E-state index in [0.717, 1.165) is 5.56 Å². The molecule has 100 valence electrons. The first-order valence-corrected chi connectivity index (χ1v) is 7.78. The van der Waals surface area contributed by atoms with E-state index >= 15 is 0 Å². The van der Waals surface area contributed by atoms with E-state index in [-0.39, 0.29) is 18.0 Å². The van der Waals surface area contributed by atoms with Crippen molar-refractivity contribution in [3.05, 3.63) is 33.4 Å². The normalized spacial score (nSPS) is 14.0. The predicted molar refractivity (Wildman–Crippen MR) is 71.3 cm³/mol. The van der Waals surface area contributed by atoms with Crippen LogP contribution in [-0.4, -0.2) is 16.4 Å². The summed E-state index contributed by atoms with van der Waals surface area (Å²) in [5.74, 6) is -0.0371. The zero-order chi connectivity index (χ0) is 13.9. The molecule has 0 bridgehead atoms. The molecule has 1 unspecified atom stereocenters. The van der Waals surface area contributed by atoms with Crippen molar-refractivity contribution in [2.75, 3.05) is 6.61 Å². The van der Waals surface area contributed by atoms with E-state index in [9.17, 15) is 15.0 Å². The van der Waals surface area contributed by atoms with Gasteiger partial charge in [0.15, 0.2) is 0 Å². The van der Waals surface area contributed by atoms with Crippen LogP contribution in [0.3, 0.4) is 0 Å². The van der Waals surface area contributed by atoms with Gasteiger partial charge < -0.3 is 9.42 Å². The number of benzene rings is 1. The van der Waals surface area contributed by atoms with Crippen LogP contribution in [0.25, 0.3) is 0 Å². The third-order valence-electron chi connectivity index (χ3n) is 2.09. The molecule has 0 amide bonds. The van der Waals surface area contributed by atoms with Gasteiger partial charge >= 0.3 is 12.4 Å². The molecule has 0 fully saturated rings. The number of nitrogens with zero attached hydrogens (tertiary/aromatic N) is 1. The molecule has 0 aromatic heterocycles. The average molecular weight is 291 g/mol. The molecule has 0 radical (unpaired) electrons. The number of nitro groups is 1. The Morgan fingerprint density at radius 3 is 2.61 bits per heavy atom. The van der Waals surface area contributed by atoms with Crippen molar-refractivity contribution in [1.82, 2.24) is 0 Å². The van der Waals surface area contributed by atoms with Crippen molar-refractivity contribution in [3.63, 3.8) is 0 Å². The van der Waals surface area contributed by atoms with Crippen LogP contribution in [0.4, 0.5) is 5.69 Å². The van der Waals surface area contributed by atoms with E-state index < -0.39 is 11.6 Å². The van der Waals surface area contributed by atoms with E-state index in [0.29, 0.717) is 5.56 Å². The SMILES string of the molecule is CCOP(O)(=S)Oc1c(C)cc(C)cc1[N+](=O)[O-]. The summed E-state index contributed by atoms with van der Waals surface area (Å²) in [6.45, 7) is 1.72. The molecule has 18 heavy (non-hydrogen) atoms.